The van der Waals surface area contributed by atoms with Crippen molar-refractivity contribution in [3.63, 3.8) is 0 Å². The molecule has 202 valence electrons. The summed E-state index contributed by atoms with van der Waals surface area (Å²) in [6, 6.07) is 4.76. The Morgan fingerprint density at radius 2 is 1.86 bits per heavy atom. The van der Waals surface area contributed by atoms with E-state index in [4.69, 9.17) is 10.5 Å². The fraction of sp³-hybridized carbons (Fsp3) is 0.680. The summed E-state index contributed by atoms with van der Waals surface area (Å²) >= 11 is 0. The van der Waals surface area contributed by atoms with Gasteiger partial charge < -0.3 is 15.4 Å². The van der Waals surface area contributed by atoms with Gasteiger partial charge in [-0.25, -0.2) is 13.9 Å². The number of methoxy groups -OCH3 is 1. The van der Waals surface area contributed by atoms with Crippen LogP contribution in [0.2, 0.25) is 0 Å². The van der Waals surface area contributed by atoms with Gasteiger partial charge in [-0.2, -0.15) is 4.31 Å². The minimum atomic E-state index is -4.18. The molecule has 1 aliphatic heterocycles. The Morgan fingerprint density at radius 3 is 2.44 bits per heavy atom. The molecule has 10 nitrogen and oxygen atoms in total. The molecule has 0 aromatic heterocycles. The molecule has 2 amide bonds. The average Bonchev–Trinajstić information content (AvgIpc) is 2.88. The molecule has 4 N–H and O–H groups in total. The van der Waals surface area contributed by atoms with Crippen LogP contribution in [-0.2, 0) is 19.6 Å². The average molecular weight is 525 g/mol. The van der Waals surface area contributed by atoms with E-state index in [1.165, 1.54) is 31.4 Å². The van der Waals surface area contributed by atoms with Crippen LogP contribution in [0.4, 0.5) is 0 Å². The van der Waals surface area contributed by atoms with Gasteiger partial charge in [-0.3, -0.25) is 14.8 Å². The molecule has 3 unspecified atom stereocenters. The SMILES string of the molecule is COc1ccc(S(=O)(=O)N(CCC(=O)N2CCC(C)CC2N)C(CC2CCCCC2)C(=O)NO)cc1. The topological polar surface area (TPSA) is 142 Å². The molecule has 1 saturated heterocycles. The second-order valence-corrected chi connectivity index (χ2v) is 11.9. The highest BCUT2D eigenvalue weighted by Gasteiger charge is 2.38. The van der Waals surface area contributed by atoms with Crippen molar-refractivity contribution in [1.82, 2.24) is 14.7 Å². The molecule has 0 bridgehead atoms. The molecule has 3 atom stereocenters. The molecule has 1 aliphatic carbocycles. The summed E-state index contributed by atoms with van der Waals surface area (Å²) in [4.78, 5) is 27.5. The first-order chi connectivity index (χ1) is 17.2. The van der Waals surface area contributed by atoms with E-state index in [0.29, 0.717) is 24.6 Å². The predicted octanol–water partition coefficient (Wildman–Crippen LogP) is 2.46. The molecule has 1 aromatic carbocycles. The van der Waals surface area contributed by atoms with E-state index in [-0.39, 0.29) is 36.1 Å². The third-order valence-electron chi connectivity index (χ3n) is 7.48. The summed E-state index contributed by atoms with van der Waals surface area (Å²) in [7, 11) is -2.69. The third kappa shape index (κ3) is 6.96. The molecule has 3 rings (SSSR count). The van der Waals surface area contributed by atoms with Gasteiger partial charge in [-0.15, -0.1) is 0 Å². The molecule has 0 radical (unpaired) electrons. The Kier molecular flexibility index (Phi) is 10.1. The summed E-state index contributed by atoms with van der Waals surface area (Å²) in [5, 5.41) is 9.50. The van der Waals surface area contributed by atoms with Gasteiger partial charge in [-0.1, -0.05) is 39.0 Å². The van der Waals surface area contributed by atoms with Gasteiger partial charge in [0.1, 0.15) is 11.8 Å². The Hall–Kier alpha value is -2.21. The zero-order valence-corrected chi connectivity index (χ0v) is 22.1. The van der Waals surface area contributed by atoms with Gasteiger partial charge >= 0.3 is 0 Å². The number of piperidine rings is 1. The van der Waals surface area contributed by atoms with Gasteiger partial charge in [-0.05, 0) is 55.4 Å². The normalized spacial score (nSPS) is 22.3. The zero-order chi connectivity index (χ0) is 26.3. The number of hydrogen-bond donors (Lipinski definition) is 3. The van der Waals surface area contributed by atoms with Crippen molar-refractivity contribution in [3.8, 4) is 5.75 Å². The van der Waals surface area contributed by atoms with E-state index in [1.807, 2.05) is 0 Å². The van der Waals surface area contributed by atoms with E-state index >= 15 is 0 Å². The Morgan fingerprint density at radius 1 is 1.19 bits per heavy atom. The first kappa shape index (κ1) is 28.4. The fourth-order valence-corrected chi connectivity index (χ4v) is 6.94. The number of ether oxygens (including phenoxy) is 1. The summed E-state index contributed by atoms with van der Waals surface area (Å²) in [5.41, 5.74) is 7.86. The number of carbonyl (C=O) groups excluding carboxylic acids is 2. The number of carbonyl (C=O) groups is 2. The van der Waals surface area contributed by atoms with Crippen molar-refractivity contribution in [3.05, 3.63) is 24.3 Å². The minimum Gasteiger partial charge on any atom is -0.497 e. The number of hydroxylamine groups is 1. The maximum Gasteiger partial charge on any atom is 0.261 e. The van der Waals surface area contributed by atoms with Gasteiger partial charge in [0, 0.05) is 19.5 Å². The molecular weight excluding hydrogens is 484 g/mol. The largest absolute Gasteiger partial charge is 0.497 e. The highest BCUT2D eigenvalue weighted by atomic mass is 32.2. The monoisotopic (exact) mass is 524 g/mol. The number of rotatable bonds is 10. The van der Waals surface area contributed by atoms with E-state index in [2.05, 4.69) is 6.92 Å². The Balaban J connectivity index is 1.89. The first-order valence-corrected chi connectivity index (χ1v) is 14.3. The number of nitrogens with one attached hydrogen (secondary N) is 1. The molecule has 2 fully saturated rings. The fourth-order valence-electron chi connectivity index (χ4n) is 5.34. The minimum absolute atomic E-state index is 0.0152. The standard InChI is InChI=1S/C25H40N4O6S/c1-18-12-14-28(23(26)16-18)24(30)13-15-29(36(33,34)21-10-8-20(35-2)9-11-21)22(25(31)27-32)17-19-6-4-3-5-7-19/h8-11,18-19,22-23,32H,3-7,12-17,26H2,1-2H3,(H,27,31). The molecule has 1 saturated carbocycles. The molecule has 36 heavy (non-hydrogen) atoms. The number of nitrogens with zero attached hydrogens (tertiary/aromatic N) is 2. The summed E-state index contributed by atoms with van der Waals surface area (Å²) in [5.74, 6) is 0.0288. The molecule has 1 aromatic rings. The zero-order valence-electron chi connectivity index (χ0n) is 21.3. The van der Waals surface area contributed by atoms with Crippen LogP contribution in [0.1, 0.15) is 64.7 Å². The van der Waals surface area contributed by atoms with Crippen LogP contribution in [0.3, 0.4) is 0 Å². The van der Waals surface area contributed by atoms with Crippen LogP contribution in [0.25, 0.3) is 0 Å². The Bertz CT molecular complexity index is 981. The van der Waals surface area contributed by atoms with Crippen LogP contribution in [0, 0.1) is 11.8 Å². The van der Waals surface area contributed by atoms with E-state index in [9.17, 15) is 23.2 Å². The highest BCUT2D eigenvalue weighted by molar-refractivity contribution is 7.89. The second-order valence-electron chi connectivity index (χ2n) is 10.1. The number of hydrogen-bond acceptors (Lipinski definition) is 7. The van der Waals surface area contributed by atoms with Crippen molar-refractivity contribution >= 4 is 21.8 Å². The van der Waals surface area contributed by atoms with Crippen molar-refractivity contribution in [2.75, 3.05) is 20.2 Å². The molecule has 2 aliphatic rings. The number of benzene rings is 1. The number of nitrogens with two attached hydrogens (primary N) is 1. The number of likely N-dealkylation sites (tertiary alicyclic amines) is 1. The lowest BCUT2D eigenvalue weighted by Crippen LogP contribution is -2.53. The molecule has 11 heteroatoms. The lowest BCUT2D eigenvalue weighted by molar-refractivity contribution is -0.137. The van der Waals surface area contributed by atoms with Crippen molar-refractivity contribution < 1.29 is 28.0 Å². The molecular formula is C25H40N4O6S. The van der Waals surface area contributed by atoms with Crippen molar-refractivity contribution in [1.29, 1.82) is 0 Å². The van der Waals surface area contributed by atoms with Gasteiger partial charge in [0.05, 0.1) is 18.2 Å². The highest BCUT2D eigenvalue weighted by Crippen LogP contribution is 2.31. The van der Waals surface area contributed by atoms with Crippen molar-refractivity contribution in [2.24, 2.45) is 17.6 Å². The summed E-state index contributed by atoms with van der Waals surface area (Å²) in [6.07, 6.45) is 6.23. The van der Waals surface area contributed by atoms with Crippen LogP contribution < -0.4 is 16.0 Å². The quantitative estimate of drug-likeness (QED) is 0.315. The number of amides is 2. The van der Waals surface area contributed by atoms with E-state index in [1.54, 1.807) is 10.4 Å². The second kappa shape index (κ2) is 12.8. The lowest BCUT2D eigenvalue weighted by atomic mass is 9.84. The van der Waals surface area contributed by atoms with Gasteiger partial charge in [0.25, 0.3) is 5.91 Å². The van der Waals surface area contributed by atoms with E-state index < -0.39 is 28.1 Å². The maximum atomic E-state index is 13.8. The summed E-state index contributed by atoms with van der Waals surface area (Å²) < 4.78 is 33.8. The van der Waals surface area contributed by atoms with Crippen molar-refractivity contribution in [2.45, 2.75) is 81.8 Å². The van der Waals surface area contributed by atoms with Gasteiger partial charge in [0.15, 0.2) is 0 Å². The molecule has 1 heterocycles. The predicted molar refractivity (Wildman–Crippen MR) is 134 cm³/mol. The van der Waals surface area contributed by atoms with Crippen LogP contribution >= 0.6 is 0 Å². The lowest BCUT2D eigenvalue weighted by Gasteiger charge is -2.37. The van der Waals surface area contributed by atoms with Crippen LogP contribution in [-0.4, -0.2) is 67.1 Å². The van der Waals surface area contributed by atoms with Crippen LogP contribution in [0.5, 0.6) is 5.75 Å². The smallest absolute Gasteiger partial charge is 0.261 e. The van der Waals surface area contributed by atoms with Gasteiger partial charge in [0.2, 0.25) is 15.9 Å². The maximum absolute atomic E-state index is 13.8. The first-order valence-electron chi connectivity index (χ1n) is 12.8. The third-order valence-corrected chi connectivity index (χ3v) is 9.40. The Labute approximate surface area is 214 Å². The molecule has 0 spiro atoms. The summed E-state index contributed by atoms with van der Waals surface area (Å²) in [6.45, 7) is 2.42. The number of sulfonamides is 1. The van der Waals surface area contributed by atoms with E-state index in [0.717, 1.165) is 42.8 Å². The van der Waals surface area contributed by atoms with Crippen LogP contribution in [0.15, 0.2) is 29.2 Å².